The molecule has 0 bridgehead atoms. The molecule has 0 aliphatic heterocycles. The first-order chi connectivity index (χ1) is 12.3. The number of amides is 1. The number of hydrogen-bond acceptors (Lipinski definition) is 3. The van der Waals surface area contributed by atoms with Gasteiger partial charge in [-0.15, -0.1) is 0 Å². The van der Waals surface area contributed by atoms with Crippen LogP contribution in [0.5, 0.6) is 0 Å². The van der Waals surface area contributed by atoms with E-state index < -0.39 is 28.2 Å². The SMILES string of the molecule is O=C(Cn1cnc2ccccc2c1=O)Nc1ccc(Cl)c(C(F)(F)F)c1. The van der Waals surface area contributed by atoms with Crippen molar-refractivity contribution in [2.45, 2.75) is 12.7 Å². The van der Waals surface area contributed by atoms with Crippen molar-refractivity contribution in [1.29, 1.82) is 0 Å². The van der Waals surface area contributed by atoms with Crippen LogP contribution < -0.4 is 10.9 Å². The van der Waals surface area contributed by atoms with E-state index >= 15 is 0 Å². The molecule has 0 saturated carbocycles. The summed E-state index contributed by atoms with van der Waals surface area (Å²) in [6.07, 6.45) is -3.43. The van der Waals surface area contributed by atoms with Gasteiger partial charge in [0.15, 0.2) is 0 Å². The molecule has 0 radical (unpaired) electrons. The predicted molar refractivity (Wildman–Crippen MR) is 91.1 cm³/mol. The van der Waals surface area contributed by atoms with E-state index in [2.05, 4.69) is 10.3 Å². The molecular weight excluding hydrogens is 371 g/mol. The molecule has 3 aromatic rings. The van der Waals surface area contributed by atoms with E-state index in [1.54, 1.807) is 24.3 Å². The third-order valence-electron chi connectivity index (χ3n) is 3.60. The van der Waals surface area contributed by atoms with Gasteiger partial charge in [-0.1, -0.05) is 23.7 Å². The van der Waals surface area contributed by atoms with Crippen molar-refractivity contribution in [3.8, 4) is 0 Å². The number of fused-ring (bicyclic) bond motifs is 1. The van der Waals surface area contributed by atoms with Crippen LogP contribution in [0.3, 0.4) is 0 Å². The number of halogens is 4. The van der Waals surface area contributed by atoms with E-state index in [4.69, 9.17) is 11.6 Å². The largest absolute Gasteiger partial charge is 0.417 e. The molecule has 0 aliphatic rings. The maximum absolute atomic E-state index is 12.9. The molecule has 1 amide bonds. The van der Waals surface area contributed by atoms with E-state index in [9.17, 15) is 22.8 Å². The quantitative estimate of drug-likeness (QED) is 0.752. The lowest BCUT2D eigenvalue weighted by molar-refractivity contribution is -0.137. The summed E-state index contributed by atoms with van der Waals surface area (Å²) in [6, 6.07) is 9.66. The highest BCUT2D eigenvalue weighted by Crippen LogP contribution is 2.36. The van der Waals surface area contributed by atoms with Gasteiger partial charge in [0.2, 0.25) is 5.91 Å². The highest BCUT2D eigenvalue weighted by atomic mass is 35.5. The number of carbonyl (C=O) groups excluding carboxylic acids is 1. The Morgan fingerprint density at radius 3 is 2.65 bits per heavy atom. The van der Waals surface area contributed by atoms with Crippen molar-refractivity contribution in [3.63, 3.8) is 0 Å². The number of anilines is 1. The highest BCUT2D eigenvalue weighted by Gasteiger charge is 2.33. The second kappa shape index (κ2) is 6.80. The number of nitrogens with zero attached hydrogens (tertiary/aromatic N) is 2. The Bertz CT molecular complexity index is 1050. The summed E-state index contributed by atoms with van der Waals surface area (Å²) in [7, 11) is 0. The molecule has 0 aliphatic carbocycles. The minimum Gasteiger partial charge on any atom is -0.325 e. The summed E-state index contributed by atoms with van der Waals surface area (Å²) < 4.78 is 39.7. The molecule has 9 heteroatoms. The second-order valence-corrected chi connectivity index (χ2v) is 5.84. The Hall–Kier alpha value is -2.87. The fraction of sp³-hybridized carbons (Fsp3) is 0.118. The Morgan fingerprint density at radius 2 is 1.92 bits per heavy atom. The van der Waals surface area contributed by atoms with E-state index in [1.807, 2.05) is 0 Å². The number of rotatable bonds is 3. The topological polar surface area (TPSA) is 64.0 Å². The lowest BCUT2D eigenvalue weighted by Gasteiger charge is -2.12. The molecule has 0 spiro atoms. The maximum Gasteiger partial charge on any atom is 0.417 e. The first kappa shape index (κ1) is 17.9. The van der Waals surface area contributed by atoms with Crippen molar-refractivity contribution >= 4 is 34.1 Å². The molecule has 1 aromatic heterocycles. The Morgan fingerprint density at radius 1 is 1.19 bits per heavy atom. The Balaban J connectivity index is 1.82. The number of carbonyl (C=O) groups is 1. The van der Waals surface area contributed by atoms with Crippen molar-refractivity contribution in [2.24, 2.45) is 0 Å². The van der Waals surface area contributed by atoms with Crippen molar-refractivity contribution in [1.82, 2.24) is 9.55 Å². The fourth-order valence-corrected chi connectivity index (χ4v) is 2.62. The smallest absolute Gasteiger partial charge is 0.325 e. The number of alkyl halides is 3. The molecule has 0 unspecified atom stereocenters. The van der Waals surface area contributed by atoms with Crippen LogP contribution in [0.1, 0.15) is 5.56 Å². The number of benzene rings is 2. The van der Waals surface area contributed by atoms with Gasteiger partial charge >= 0.3 is 6.18 Å². The number of hydrogen-bond donors (Lipinski definition) is 1. The van der Waals surface area contributed by atoms with Gasteiger partial charge in [-0.05, 0) is 30.3 Å². The first-order valence-electron chi connectivity index (χ1n) is 7.36. The third kappa shape index (κ3) is 3.70. The second-order valence-electron chi connectivity index (χ2n) is 5.44. The fourth-order valence-electron chi connectivity index (χ4n) is 2.39. The van der Waals surface area contributed by atoms with Gasteiger partial charge in [0.25, 0.3) is 5.56 Å². The van der Waals surface area contributed by atoms with Gasteiger partial charge in [-0.25, -0.2) is 4.98 Å². The lowest BCUT2D eigenvalue weighted by atomic mass is 10.2. The average Bonchev–Trinajstić information content (AvgIpc) is 2.58. The molecule has 1 N–H and O–H groups in total. The molecule has 5 nitrogen and oxygen atoms in total. The summed E-state index contributed by atoms with van der Waals surface area (Å²) in [4.78, 5) is 28.5. The summed E-state index contributed by atoms with van der Waals surface area (Å²) in [5.41, 5.74) is -1.06. The van der Waals surface area contributed by atoms with Crippen LogP contribution in [-0.2, 0) is 17.5 Å². The zero-order valence-corrected chi connectivity index (χ0v) is 13.8. The molecule has 2 aromatic carbocycles. The van der Waals surface area contributed by atoms with Crippen LogP contribution in [0.15, 0.2) is 53.6 Å². The van der Waals surface area contributed by atoms with Crippen molar-refractivity contribution in [2.75, 3.05) is 5.32 Å². The molecule has 1 heterocycles. The normalized spacial score (nSPS) is 11.5. The van der Waals surface area contributed by atoms with Crippen LogP contribution in [0, 0.1) is 0 Å². The van der Waals surface area contributed by atoms with Crippen molar-refractivity contribution < 1.29 is 18.0 Å². The monoisotopic (exact) mass is 381 g/mol. The Kier molecular flexibility index (Phi) is 4.69. The molecular formula is C17H11ClF3N3O2. The highest BCUT2D eigenvalue weighted by molar-refractivity contribution is 6.31. The third-order valence-corrected chi connectivity index (χ3v) is 3.93. The van der Waals surface area contributed by atoms with Gasteiger partial charge in [0.05, 0.1) is 27.8 Å². The molecule has 26 heavy (non-hydrogen) atoms. The van der Waals surface area contributed by atoms with Gasteiger partial charge in [-0.2, -0.15) is 13.2 Å². The Labute approximate surface area is 150 Å². The summed E-state index contributed by atoms with van der Waals surface area (Å²) in [6.45, 7) is -0.388. The number of nitrogens with one attached hydrogen (secondary N) is 1. The van der Waals surface area contributed by atoms with Crippen LogP contribution >= 0.6 is 11.6 Å². The zero-order chi connectivity index (χ0) is 18.9. The van der Waals surface area contributed by atoms with E-state index in [-0.39, 0.29) is 12.2 Å². The average molecular weight is 382 g/mol. The zero-order valence-electron chi connectivity index (χ0n) is 13.0. The van der Waals surface area contributed by atoms with Crippen molar-refractivity contribution in [3.05, 3.63) is 69.7 Å². The predicted octanol–water partition coefficient (Wildman–Crippen LogP) is 3.71. The van der Waals surface area contributed by atoms with Gasteiger partial charge in [0.1, 0.15) is 6.54 Å². The molecule has 0 atom stereocenters. The molecule has 3 rings (SSSR count). The van der Waals surface area contributed by atoms with E-state index in [0.29, 0.717) is 10.9 Å². The summed E-state index contributed by atoms with van der Waals surface area (Å²) >= 11 is 5.54. The van der Waals surface area contributed by atoms with E-state index in [0.717, 1.165) is 16.7 Å². The van der Waals surface area contributed by atoms with Crippen LogP contribution in [0.2, 0.25) is 5.02 Å². The standard InChI is InChI=1S/C17H11ClF3N3O2/c18-13-6-5-10(7-12(13)17(19,20)21)23-15(25)8-24-9-22-14-4-2-1-3-11(14)16(24)26/h1-7,9H,8H2,(H,23,25). The lowest BCUT2D eigenvalue weighted by Crippen LogP contribution is -2.28. The van der Waals surface area contributed by atoms with E-state index in [1.165, 1.54) is 12.4 Å². The molecule has 134 valence electrons. The van der Waals surface area contributed by atoms with Gasteiger partial charge in [-0.3, -0.25) is 14.2 Å². The van der Waals surface area contributed by atoms with Crippen LogP contribution in [0.4, 0.5) is 18.9 Å². The summed E-state index contributed by atoms with van der Waals surface area (Å²) in [5, 5.41) is 2.19. The first-order valence-corrected chi connectivity index (χ1v) is 7.74. The maximum atomic E-state index is 12.9. The van der Waals surface area contributed by atoms with Crippen LogP contribution in [0.25, 0.3) is 10.9 Å². The number of aromatic nitrogens is 2. The number of para-hydroxylation sites is 1. The minimum atomic E-state index is -4.64. The minimum absolute atomic E-state index is 0.0754. The van der Waals surface area contributed by atoms with Gasteiger partial charge in [0, 0.05) is 5.69 Å². The van der Waals surface area contributed by atoms with Crippen LogP contribution in [-0.4, -0.2) is 15.5 Å². The van der Waals surface area contributed by atoms with Gasteiger partial charge < -0.3 is 5.32 Å². The summed E-state index contributed by atoms with van der Waals surface area (Å²) in [5.74, 6) is -0.667. The molecule has 0 saturated heterocycles. The molecule has 0 fully saturated rings.